The Morgan fingerprint density at radius 3 is 2.71 bits per heavy atom. The van der Waals surface area contributed by atoms with E-state index in [0.29, 0.717) is 35.5 Å². The van der Waals surface area contributed by atoms with Gasteiger partial charge in [0.05, 0.1) is 12.1 Å². The number of benzene rings is 1. The van der Waals surface area contributed by atoms with Gasteiger partial charge < -0.3 is 25.6 Å². The Labute approximate surface area is 204 Å². The lowest BCUT2D eigenvalue weighted by atomic mass is 10.1. The molecule has 2 aliphatic rings. The summed E-state index contributed by atoms with van der Waals surface area (Å²) < 4.78 is 5.22. The molecular formula is C24H31ClN6O3. The molecule has 3 unspecified atom stereocenters. The van der Waals surface area contributed by atoms with E-state index < -0.39 is 11.9 Å². The maximum atomic E-state index is 13.1. The number of piperidine rings is 1. The first-order chi connectivity index (χ1) is 16.4. The summed E-state index contributed by atoms with van der Waals surface area (Å²) in [4.78, 5) is 36.7. The van der Waals surface area contributed by atoms with E-state index in [-0.39, 0.29) is 11.5 Å². The first kappa shape index (κ1) is 24.1. The van der Waals surface area contributed by atoms with E-state index in [1.54, 1.807) is 20.2 Å². The van der Waals surface area contributed by atoms with Crippen molar-refractivity contribution in [2.24, 2.45) is 11.8 Å². The Morgan fingerprint density at radius 1 is 1.29 bits per heavy atom. The van der Waals surface area contributed by atoms with Crippen molar-refractivity contribution in [1.82, 2.24) is 20.6 Å². The minimum atomic E-state index is -0.624. The summed E-state index contributed by atoms with van der Waals surface area (Å²) in [6.07, 6.45) is 4.11. The molecule has 34 heavy (non-hydrogen) atoms. The molecular weight excluding hydrogens is 456 g/mol. The average Bonchev–Trinajstić information content (AvgIpc) is 3.46. The Hall–Kier alpha value is -3.07. The lowest BCUT2D eigenvalue weighted by Crippen LogP contribution is -2.45. The highest BCUT2D eigenvalue weighted by molar-refractivity contribution is 6.32. The van der Waals surface area contributed by atoms with Crippen molar-refractivity contribution in [2.75, 3.05) is 37.5 Å². The fourth-order valence-corrected chi connectivity index (χ4v) is 4.64. The second-order valence-electron chi connectivity index (χ2n) is 8.84. The summed E-state index contributed by atoms with van der Waals surface area (Å²) in [5, 5.41) is 9.21. The average molecular weight is 487 g/mol. The van der Waals surface area contributed by atoms with Crippen molar-refractivity contribution < 1.29 is 14.3 Å². The lowest BCUT2D eigenvalue weighted by molar-refractivity contribution is -0.122. The second-order valence-corrected chi connectivity index (χ2v) is 9.25. The Balaban J connectivity index is 1.56. The van der Waals surface area contributed by atoms with Gasteiger partial charge in [-0.05, 0) is 42.4 Å². The molecule has 0 radical (unpaired) electrons. The number of nitrogens with one attached hydrogen (secondary N) is 3. The van der Waals surface area contributed by atoms with Crippen molar-refractivity contribution in [2.45, 2.75) is 38.8 Å². The maximum Gasteiger partial charge on any atom is 0.257 e. The second kappa shape index (κ2) is 10.5. The molecule has 1 aliphatic carbocycles. The SMILES string of the molecule is CCCC(NC(=O)c1cnc(N2CC3CC3C2)nc1NCc1ccc(OC)c(Cl)c1)C(=O)NC. The normalized spacial score (nSPS) is 19.2. The molecule has 1 saturated carbocycles. The quantitative estimate of drug-likeness (QED) is 0.473. The number of halogens is 1. The van der Waals surface area contributed by atoms with Gasteiger partial charge in [0.1, 0.15) is 23.2 Å². The van der Waals surface area contributed by atoms with E-state index in [2.05, 4.69) is 25.8 Å². The number of carbonyl (C=O) groups excluding carboxylic acids is 2. The molecule has 3 atom stereocenters. The molecule has 1 aromatic heterocycles. The smallest absolute Gasteiger partial charge is 0.257 e. The molecule has 1 aliphatic heterocycles. The highest BCUT2D eigenvalue weighted by atomic mass is 35.5. The molecule has 182 valence electrons. The summed E-state index contributed by atoms with van der Waals surface area (Å²) in [6.45, 7) is 4.26. The number of hydrogen-bond donors (Lipinski definition) is 3. The number of rotatable bonds is 10. The first-order valence-electron chi connectivity index (χ1n) is 11.6. The lowest BCUT2D eigenvalue weighted by Gasteiger charge is -2.21. The Kier molecular flexibility index (Phi) is 7.41. The number of nitrogens with zero attached hydrogens (tertiary/aromatic N) is 3. The van der Waals surface area contributed by atoms with Crippen LogP contribution in [-0.4, -0.2) is 55.1 Å². The molecule has 2 fully saturated rings. The molecule has 1 aromatic carbocycles. The van der Waals surface area contributed by atoms with Crippen molar-refractivity contribution in [3.8, 4) is 5.75 Å². The largest absolute Gasteiger partial charge is 0.495 e. The van der Waals surface area contributed by atoms with Crippen LogP contribution in [0.15, 0.2) is 24.4 Å². The molecule has 1 saturated heterocycles. The topological polar surface area (TPSA) is 108 Å². The predicted octanol–water partition coefficient (Wildman–Crippen LogP) is 2.85. The Bertz CT molecular complexity index is 1050. The molecule has 2 aromatic rings. The van der Waals surface area contributed by atoms with Crippen molar-refractivity contribution in [3.05, 3.63) is 40.5 Å². The van der Waals surface area contributed by atoms with Crippen LogP contribution in [0, 0.1) is 11.8 Å². The zero-order chi connectivity index (χ0) is 24.2. The van der Waals surface area contributed by atoms with E-state index in [0.717, 1.165) is 36.9 Å². The monoisotopic (exact) mass is 486 g/mol. The van der Waals surface area contributed by atoms with Crippen LogP contribution in [0.3, 0.4) is 0 Å². The van der Waals surface area contributed by atoms with Gasteiger partial charge in [0.15, 0.2) is 0 Å². The van der Waals surface area contributed by atoms with E-state index in [4.69, 9.17) is 21.3 Å². The Morgan fingerprint density at radius 2 is 2.06 bits per heavy atom. The molecule has 10 heteroatoms. The van der Waals surface area contributed by atoms with Crippen molar-refractivity contribution in [1.29, 1.82) is 0 Å². The number of amides is 2. The minimum Gasteiger partial charge on any atom is -0.495 e. The van der Waals surface area contributed by atoms with Crippen LogP contribution in [0.5, 0.6) is 5.75 Å². The number of likely N-dealkylation sites (N-methyl/N-ethyl adjacent to an activating group) is 1. The van der Waals surface area contributed by atoms with Crippen molar-refractivity contribution >= 4 is 35.2 Å². The van der Waals surface area contributed by atoms with Gasteiger partial charge in [-0.25, -0.2) is 4.98 Å². The van der Waals surface area contributed by atoms with Crippen LogP contribution in [0.4, 0.5) is 11.8 Å². The highest BCUT2D eigenvalue weighted by Crippen LogP contribution is 2.45. The van der Waals surface area contributed by atoms with Crippen LogP contribution in [0.1, 0.15) is 42.1 Å². The van der Waals surface area contributed by atoms with Crippen LogP contribution >= 0.6 is 11.6 Å². The van der Waals surface area contributed by atoms with Gasteiger partial charge in [-0.2, -0.15) is 4.98 Å². The third kappa shape index (κ3) is 5.35. The van der Waals surface area contributed by atoms with Gasteiger partial charge in [0, 0.05) is 32.9 Å². The van der Waals surface area contributed by atoms with Gasteiger partial charge in [-0.3, -0.25) is 9.59 Å². The summed E-state index contributed by atoms with van der Waals surface area (Å²) >= 11 is 6.27. The minimum absolute atomic E-state index is 0.230. The number of fused-ring (bicyclic) bond motifs is 1. The maximum absolute atomic E-state index is 13.1. The molecule has 9 nitrogen and oxygen atoms in total. The van der Waals surface area contributed by atoms with Gasteiger partial charge in [-0.15, -0.1) is 0 Å². The van der Waals surface area contributed by atoms with Crippen LogP contribution in [0.25, 0.3) is 0 Å². The van der Waals surface area contributed by atoms with Crippen LogP contribution in [-0.2, 0) is 11.3 Å². The van der Waals surface area contributed by atoms with Gasteiger partial charge in [-0.1, -0.05) is 31.0 Å². The van der Waals surface area contributed by atoms with E-state index in [1.807, 2.05) is 19.1 Å². The van der Waals surface area contributed by atoms with Gasteiger partial charge in [0.25, 0.3) is 5.91 Å². The number of hydrogen-bond acceptors (Lipinski definition) is 7. The fraction of sp³-hybridized carbons (Fsp3) is 0.500. The third-order valence-electron chi connectivity index (χ3n) is 6.40. The van der Waals surface area contributed by atoms with E-state index in [1.165, 1.54) is 12.6 Å². The standard InChI is InChI=1S/C24H31ClN6O3/c1-4-5-19(23(33)26-2)29-22(32)17-11-28-24(31-12-15-9-16(15)13-31)30-21(17)27-10-14-6-7-20(34-3)18(25)8-14/h6-8,11,15-16,19H,4-5,9-10,12-13H2,1-3H3,(H,26,33)(H,29,32)(H,27,28,30). The molecule has 0 bridgehead atoms. The highest BCUT2D eigenvalue weighted by Gasteiger charge is 2.46. The number of ether oxygens (including phenoxy) is 1. The van der Waals surface area contributed by atoms with Gasteiger partial charge >= 0.3 is 0 Å². The third-order valence-corrected chi connectivity index (χ3v) is 6.70. The molecule has 2 heterocycles. The van der Waals surface area contributed by atoms with Crippen molar-refractivity contribution in [3.63, 3.8) is 0 Å². The van der Waals surface area contributed by atoms with Crippen LogP contribution in [0.2, 0.25) is 5.02 Å². The zero-order valence-corrected chi connectivity index (χ0v) is 20.5. The molecule has 4 rings (SSSR count). The summed E-state index contributed by atoms with van der Waals surface area (Å²) in [5.74, 6) is 2.45. The number of methoxy groups -OCH3 is 1. The summed E-state index contributed by atoms with van der Waals surface area (Å²) in [5.41, 5.74) is 1.20. The molecule has 3 N–H and O–H groups in total. The number of carbonyl (C=O) groups is 2. The van der Waals surface area contributed by atoms with E-state index >= 15 is 0 Å². The predicted molar refractivity (Wildman–Crippen MR) is 131 cm³/mol. The first-order valence-corrected chi connectivity index (χ1v) is 12.0. The van der Waals surface area contributed by atoms with E-state index in [9.17, 15) is 9.59 Å². The number of aromatic nitrogens is 2. The summed E-state index contributed by atoms with van der Waals surface area (Å²) in [6, 6.07) is 4.89. The molecule has 2 amide bonds. The zero-order valence-electron chi connectivity index (χ0n) is 19.7. The fourth-order valence-electron chi connectivity index (χ4n) is 4.36. The van der Waals surface area contributed by atoms with Gasteiger partial charge in [0.2, 0.25) is 11.9 Å². The summed E-state index contributed by atoms with van der Waals surface area (Å²) in [7, 11) is 3.13. The number of anilines is 2. The molecule has 0 spiro atoms. The van der Waals surface area contributed by atoms with Crippen LogP contribution < -0.4 is 25.6 Å².